The fraction of sp³-hybridized carbons (Fsp3) is 0.150. The molecule has 0 aliphatic carbocycles. The van der Waals surface area contributed by atoms with Crippen LogP contribution >= 0.6 is 15.9 Å². The van der Waals surface area contributed by atoms with Gasteiger partial charge >= 0.3 is 0 Å². The molecule has 0 aromatic heterocycles. The normalized spacial score (nSPS) is 10.7. The lowest BCUT2D eigenvalue weighted by atomic mass is 10.1. The molecule has 0 aliphatic rings. The number of carbonyl (C=O) groups is 2. The van der Waals surface area contributed by atoms with Crippen molar-refractivity contribution >= 4 is 33.8 Å². The summed E-state index contributed by atoms with van der Waals surface area (Å²) in [7, 11) is 1.43. The number of carbonyl (C=O) groups excluding carboxylic acids is 2. The van der Waals surface area contributed by atoms with E-state index in [0.717, 1.165) is 5.56 Å². The van der Waals surface area contributed by atoms with Gasteiger partial charge in [-0.2, -0.15) is 5.26 Å². The number of amides is 2. The van der Waals surface area contributed by atoms with Gasteiger partial charge in [0.2, 0.25) is 0 Å². The summed E-state index contributed by atoms with van der Waals surface area (Å²) in [6, 6.07) is 14.5. The van der Waals surface area contributed by atoms with E-state index in [1.165, 1.54) is 13.2 Å². The Morgan fingerprint density at radius 1 is 1.29 bits per heavy atom. The number of nitrogens with zero attached hydrogens (tertiary/aromatic N) is 1. The van der Waals surface area contributed by atoms with Crippen LogP contribution in [0, 0.1) is 11.3 Å². The minimum atomic E-state index is -0.625. The standard InChI is InChI=1S/C20H18BrN3O4/c1-27-17-9-14(8-16(21)19(17)28-12-18(23)25)7-15(10-22)20(26)24-11-13-5-3-2-4-6-13/h2-9H,11-12H2,1H3,(H2,23,25)(H,24,26)/b15-7+. The zero-order chi connectivity index (χ0) is 20.5. The van der Waals surface area contributed by atoms with Crippen molar-refractivity contribution in [3.8, 4) is 17.6 Å². The summed E-state index contributed by atoms with van der Waals surface area (Å²) in [6.45, 7) is 0.00108. The molecule has 2 aromatic carbocycles. The number of methoxy groups -OCH3 is 1. The molecular weight excluding hydrogens is 426 g/mol. The lowest BCUT2D eigenvalue weighted by Crippen LogP contribution is -2.23. The molecule has 2 aromatic rings. The van der Waals surface area contributed by atoms with E-state index >= 15 is 0 Å². The van der Waals surface area contributed by atoms with Gasteiger partial charge in [0.15, 0.2) is 18.1 Å². The highest BCUT2D eigenvalue weighted by atomic mass is 79.9. The maximum Gasteiger partial charge on any atom is 0.262 e. The molecule has 28 heavy (non-hydrogen) atoms. The van der Waals surface area contributed by atoms with Crippen molar-refractivity contribution in [2.24, 2.45) is 5.73 Å². The van der Waals surface area contributed by atoms with Gasteiger partial charge in [-0.25, -0.2) is 0 Å². The number of rotatable bonds is 8. The van der Waals surface area contributed by atoms with Crippen LogP contribution in [0.1, 0.15) is 11.1 Å². The number of ether oxygens (including phenoxy) is 2. The largest absolute Gasteiger partial charge is 0.493 e. The minimum Gasteiger partial charge on any atom is -0.493 e. The van der Waals surface area contributed by atoms with Crippen LogP contribution in [-0.2, 0) is 16.1 Å². The number of nitrogens with two attached hydrogens (primary N) is 1. The van der Waals surface area contributed by atoms with E-state index < -0.39 is 11.8 Å². The number of nitrogens with one attached hydrogen (secondary N) is 1. The van der Waals surface area contributed by atoms with Gasteiger partial charge in [0.1, 0.15) is 11.6 Å². The predicted molar refractivity (Wildman–Crippen MR) is 107 cm³/mol. The van der Waals surface area contributed by atoms with E-state index in [0.29, 0.717) is 28.1 Å². The minimum absolute atomic E-state index is 0.0595. The van der Waals surface area contributed by atoms with E-state index in [1.54, 1.807) is 12.1 Å². The SMILES string of the molecule is COc1cc(/C=C(\C#N)C(=O)NCc2ccccc2)cc(Br)c1OCC(N)=O. The molecule has 2 rings (SSSR count). The molecular formula is C20H18BrN3O4. The first-order valence-corrected chi connectivity index (χ1v) is 8.96. The molecule has 0 unspecified atom stereocenters. The van der Waals surface area contributed by atoms with Crippen LogP contribution in [-0.4, -0.2) is 25.5 Å². The number of benzene rings is 2. The van der Waals surface area contributed by atoms with E-state index in [2.05, 4.69) is 21.2 Å². The third-order valence-corrected chi connectivity index (χ3v) is 4.17. The first kappa shape index (κ1) is 21.0. The van der Waals surface area contributed by atoms with Crippen molar-refractivity contribution in [1.82, 2.24) is 5.32 Å². The Labute approximate surface area is 170 Å². The summed E-state index contributed by atoms with van der Waals surface area (Å²) in [4.78, 5) is 23.2. The zero-order valence-corrected chi connectivity index (χ0v) is 16.7. The number of hydrogen-bond acceptors (Lipinski definition) is 5. The van der Waals surface area contributed by atoms with Gasteiger partial charge in [-0.05, 0) is 45.3 Å². The Kier molecular flexibility index (Phi) is 7.60. The maximum atomic E-state index is 12.3. The van der Waals surface area contributed by atoms with E-state index in [9.17, 15) is 14.9 Å². The molecule has 0 atom stereocenters. The summed E-state index contributed by atoms with van der Waals surface area (Å²) < 4.78 is 11.1. The third-order valence-electron chi connectivity index (χ3n) is 3.58. The highest BCUT2D eigenvalue weighted by molar-refractivity contribution is 9.10. The fourth-order valence-corrected chi connectivity index (χ4v) is 2.87. The lowest BCUT2D eigenvalue weighted by Gasteiger charge is -2.12. The zero-order valence-electron chi connectivity index (χ0n) is 15.1. The number of nitriles is 1. The molecule has 0 heterocycles. The smallest absolute Gasteiger partial charge is 0.262 e. The molecule has 0 bridgehead atoms. The molecule has 0 fully saturated rings. The van der Waals surface area contributed by atoms with Gasteiger partial charge in [-0.15, -0.1) is 0 Å². The Hall–Kier alpha value is -3.31. The Morgan fingerprint density at radius 3 is 2.61 bits per heavy atom. The van der Waals surface area contributed by atoms with Crippen LogP contribution < -0.4 is 20.5 Å². The van der Waals surface area contributed by atoms with Crippen molar-refractivity contribution in [3.05, 3.63) is 63.6 Å². The monoisotopic (exact) mass is 443 g/mol. The molecule has 0 saturated heterocycles. The highest BCUT2D eigenvalue weighted by Gasteiger charge is 2.14. The second kappa shape index (κ2) is 10.1. The predicted octanol–water partition coefficient (Wildman–Crippen LogP) is 2.55. The average Bonchev–Trinajstić information content (AvgIpc) is 2.69. The molecule has 144 valence electrons. The van der Waals surface area contributed by atoms with Gasteiger partial charge in [0.05, 0.1) is 11.6 Å². The van der Waals surface area contributed by atoms with Crippen LogP contribution in [0.5, 0.6) is 11.5 Å². The molecule has 7 nitrogen and oxygen atoms in total. The third kappa shape index (κ3) is 5.86. The lowest BCUT2D eigenvalue weighted by molar-refractivity contribution is -0.120. The summed E-state index contributed by atoms with van der Waals surface area (Å²) >= 11 is 3.33. The number of halogens is 1. The second-order valence-corrected chi connectivity index (χ2v) is 6.48. The van der Waals surface area contributed by atoms with Crippen molar-refractivity contribution in [2.45, 2.75) is 6.54 Å². The van der Waals surface area contributed by atoms with Gasteiger partial charge < -0.3 is 20.5 Å². The summed E-state index contributed by atoms with van der Waals surface area (Å²) in [5.41, 5.74) is 6.50. The van der Waals surface area contributed by atoms with Gasteiger partial charge in [-0.1, -0.05) is 30.3 Å². The van der Waals surface area contributed by atoms with E-state index in [-0.39, 0.29) is 12.2 Å². The average molecular weight is 444 g/mol. The van der Waals surface area contributed by atoms with Crippen LogP contribution in [0.2, 0.25) is 0 Å². The Balaban J connectivity index is 2.20. The van der Waals surface area contributed by atoms with Gasteiger partial charge in [0, 0.05) is 6.54 Å². The molecule has 0 saturated carbocycles. The van der Waals surface area contributed by atoms with E-state index in [1.807, 2.05) is 36.4 Å². The summed E-state index contributed by atoms with van der Waals surface area (Å²) in [5.74, 6) is -0.496. The van der Waals surface area contributed by atoms with Crippen molar-refractivity contribution in [1.29, 1.82) is 5.26 Å². The Morgan fingerprint density at radius 2 is 2.00 bits per heavy atom. The fourth-order valence-electron chi connectivity index (χ4n) is 2.30. The van der Waals surface area contributed by atoms with Crippen molar-refractivity contribution in [3.63, 3.8) is 0 Å². The Bertz CT molecular complexity index is 936. The molecule has 2 amide bonds. The first-order chi connectivity index (χ1) is 13.4. The first-order valence-electron chi connectivity index (χ1n) is 8.17. The van der Waals surface area contributed by atoms with Crippen LogP contribution in [0.25, 0.3) is 6.08 Å². The summed E-state index contributed by atoms with van der Waals surface area (Å²) in [5, 5.41) is 12.1. The molecule has 3 N–H and O–H groups in total. The highest BCUT2D eigenvalue weighted by Crippen LogP contribution is 2.37. The van der Waals surface area contributed by atoms with Gasteiger partial charge in [-0.3, -0.25) is 9.59 Å². The van der Waals surface area contributed by atoms with Crippen LogP contribution in [0.3, 0.4) is 0 Å². The van der Waals surface area contributed by atoms with E-state index in [4.69, 9.17) is 15.2 Å². The number of primary amides is 1. The molecule has 8 heteroatoms. The molecule has 0 radical (unpaired) electrons. The van der Waals surface area contributed by atoms with Crippen molar-refractivity contribution < 1.29 is 19.1 Å². The molecule has 0 spiro atoms. The van der Waals surface area contributed by atoms with Crippen LogP contribution in [0.15, 0.2) is 52.5 Å². The van der Waals surface area contributed by atoms with Crippen molar-refractivity contribution in [2.75, 3.05) is 13.7 Å². The van der Waals surface area contributed by atoms with Gasteiger partial charge in [0.25, 0.3) is 11.8 Å². The second-order valence-electron chi connectivity index (χ2n) is 5.63. The van der Waals surface area contributed by atoms with Crippen LogP contribution in [0.4, 0.5) is 0 Å². The topological polar surface area (TPSA) is 114 Å². The number of hydrogen-bond donors (Lipinski definition) is 2. The quantitative estimate of drug-likeness (QED) is 0.480. The maximum absolute atomic E-state index is 12.3. The summed E-state index contributed by atoms with van der Waals surface area (Å²) in [6.07, 6.45) is 1.44. The molecule has 0 aliphatic heterocycles.